The second-order valence-corrected chi connectivity index (χ2v) is 5.02. The quantitative estimate of drug-likeness (QED) is 0.794. The van der Waals surface area contributed by atoms with Gasteiger partial charge < -0.3 is 10.3 Å². The van der Waals surface area contributed by atoms with Crippen LogP contribution in [0.2, 0.25) is 0 Å². The summed E-state index contributed by atoms with van der Waals surface area (Å²) >= 11 is 0. The van der Waals surface area contributed by atoms with Crippen LogP contribution in [0.4, 0.5) is 0 Å². The molecular weight excluding hydrogens is 186 g/mol. The van der Waals surface area contributed by atoms with E-state index in [-0.39, 0.29) is 0 Å². The summed E-state index contributed by atoms with van der Waals surface area (Å²) in [6.45, 7) is 3.39. The molecule has 1 atom stereocenters. The Morgan fingerprint density at radius 3 is 3.13 bits per heavy atom. The number of nitrogens with one attached hydrogen (secondary N) is 2. The summed E-state index contributed by atoms with van der Waals surface area (Å²) in [5.41, 5.74) is 3.20. The maximum Gasteiger partial charge on any atom is 0.0925 e. The maximum absolute atomic E-state index is 4.51. The molecule has 82 valence electrons. The number of imidazole rings is 1. The minimum atomic E-state index is 0.521. The zero-order chi connectivity index (χ0) is 10.3. The first-order valence-electron chi connectivity index (χ1n) is 6.11. The van der Waals surface area contributed by atoms with Gasteiger partial charge in [0.05, 0.1) is 18.1 Å². The second kappa shape index (κ2) is 3.34. The largest absolute Gasteiger partial charge is 0.348 e. The van der Waals surface area contributed by atoms with Crippen LogP contribution in [0.15, 0.2) is 6.33 Å². The molecule has 3 nitrogen and oxygen atoms in total. The van der Waals surface area contributed by atoms with E-state index in [1.165, 1.54) is 37.1 Å². The van der Waals surface area contributed by atoms with Gasteiger partial charge in [0.15, 0.2) is 0 Å². The molecule has 0 saturated heterocycles. The Labute approximate surface area is 90.7 Å². The molecule has 0 bridgehead atoms. The summed E-state index contributed by atoms with van der Waals surface area (Å²) in [4.78, 5) is 7.79. The van der Waals surface area contributed by atoms with Gasteiger partial charge in [0.1, 0.15) is 0 Å². The average Bonchev–Trinajstić information content (AvgIpc) is 2.88. The van der Waals surface area contributed by atoms with Gasteiger partial charge >= 0.3 is 0 Å². The van der Waals surface area contributed by atoms with E-state index >= 15 is 0 Å². The van der Waals surface area contributed by atoms with Crippen LogP contribution in [0.25, 0.3) is 0 Å². The Kier molecular flexibility index (Phi) is 2.09. The van der Waals surface area contributed by atoms with Crippen molar-refractivity contribution in [3.8, 4) is 0 Å². The second-order valence-electron chi connectivity index (χ2n) is 5.02. The predicted octanol–water partition coefficient (Wildman–Crippen LogP) is 2.18. The molecule has 0 amide bonds. The van der Waals surface area contributed by atoms with Crippen LogP contribution < -0.4 is 5.32 Å². The molecule has 3 rings (SSSR count). The number of aromatic nitrogens is 2. The fraction of sp³-hybridized carbons (Fsp3) is 0.750. The highest BCUT2D eigenvalue weighted by atomic mass is 15.0. The van der Waals surface area contributed by atoms with Crippen molar-refractivity contribution in [2.45, 2.75) is 45.1 Å². The van der Waals surface area contributed by atoms with E-state index in [2.05, 4.69) is 22.2 Å². The lowest BCUT2D eigenvalue weighted by molar-refractivity contribution is 0.297. The van der Waals surface area contributed by atoms with Crippen LogP contribution in [0.5, 0.6) is 0 Å². The Morgan fingerprint density at radius 2 is 2.40 bits per heavy atom. The van der Waals surface area contributed by atoms with Crippen LogP contribution in [-0.2, 0) is 6.42 Å². The van der Waals surface area contributed by atoms with Crippen molar-refractivity contribution in [3.05, 3.63) is 17.7 Å². The molecule has 3 heteroatoms. The standard InChI is InChI=1S/C12H19N3/c1-2-4-12(5-6-12)11-10-9(3-7-13-11)14-8-15-10/h8,11,13H,2-7H2,1H3,(H,14,15). The van der Waals surface area contributed by atoms with E-state index in [1.54, 1.807) is 0 Å². The lowest BCUT2D eigenvalue weighted by Gasteiger charge is -2.30. The number of hydrogen-bond donors (Lipinski definition) is 2. The molecule has 0 aromatic carbocycles. The van der Waals surface area contributed by atoms with E-state index in [0.29, 0.717) is 11.5 Å². The Hall–Kier alpha value is -0.830. The van der Waals surface area contributed by atoms with Gasteiger partial charge in [0.2, 0.25) is 0 Å². The fourth-order valence-electron chi connectivity index (χ4n) is 3.07. The minimum absolute atomic E-state index is 0.521. The van der Waals surface area contributed by atoms with Gasteiger partial charge in [-0.05, 0) is 24.7 Å². The molecule has 1 aromatic rings. The predicted molar refractivity (Wildman–Crippen MR) is 59.6 cm³/mol. The maximum atomic E-state index is 4.51. The first-order valence-corrected chi connectivity index (χ1v) is 6.11. The zero-order valence-corrected chi connectivity index (χ0v) is 9.34. The number of H-pyrrole nitrogens is 1. The first-order chi connectivity index (χ1) is 7.36. The zero-order valence-electron chi connectivity index (χ0n) is 9.34. The number of fused-ring (bicyclic) bond motifs is 1. The summed E-state index contributed by atoms with van der Waals surface area (Å²) in [5, 5.41) is 3.67. The van der Waals surface area contributed by atoms with Crippen molar-refractivity contribution in [2.24, 2.45) is 5.41 Å². The summed E-state index contributed by atoms with van der Waals surface area (Å²) in [7, 11) is 0. The molecule has 1 aliphatic carbocycles. The van der Waals surface area contributed by atoms with Crippen molar-refractivity contribution in [1.29, 1.82) is 0 Å². The Morgan fingerprint density at radius 1 is 1.53 bits per heavy atom. The normalized spacial score (nSPS) is 27.4. The van der Waals surface area contributed by atoms with Crippen LogP contribution in [-0.4, -0.2) is 16.5 Å². The van der Waals surface area contributed by atoms with Crippen LogP contribution in [0, 0.1) is 5.41 Å². The molecule has 1 unspecified atom stereocenters. The van der Waals surface area contributed by atoms with E-state index in [0.717, 1.165) is 13.0 Å². The third-order valence-electron chi connectivity index (χ3n) is 4.00. The van der Waals surface area contributed by atoms with E-state index < -0.39 is 0 Å². The molecule has 0 spiro atoms. The minimum Gasteiger partial charge on any atom is -0.348 e. The lowest BCUT2D eigenvalue weighted by atomic mass is 9.86. The van der Waals surface area contributed by atoms with Gasteiger partial charge in [-0.25, -0.2) is 4.98 Å². The monoisotopic (exact) mass is 205 g/mol. The first kappa shape index (κ1) is 9.40. The van der Waals surface area contributed by atoms with Gasteiger partial charge in [-0.3, -0.25) is 0 Å². The SMILES string of the molecule is CCCC1(C2NCCc3[nH]cnc32)CC1. The molecule has 1 aromatic heterocycles. The smallest absolute Gasteiger partial charge is 0.0925 e. The molecule has 1 fully saturated rings. The van der Waals surface area contributed by atoms with Crippen LogP contribution in [0.1, 0.15) is 50.0 Å². The molecule has 2 aliphatic rings. The number of aromatic amines is 1. The lowest BCUT2D eigenvalue weighted by Crippen LogP contribution is -2.36. The Balaban J connectivity index is 1.89. The number of nitrogens with zero attached hydrogens (tertiary/aromatic N) is 1. The van der Waals surface area contributed by atoms with E-state index in [1.807, 2.05) is 6.33 Å². The molecule has 15 heavy (non-hydrogen) atoms. The molecule has 1 aliphatic heterocycles. The van der Waals surface area contributed by atoms with E-state index in [9.17, 15) is 0 Å². The van der Waals surface area contributed by atoms with Crippen molar-refractivity contribution in [2.75, 3.05) is 6.54 Å². The van der Waals surface area contributed by atoms with Gasteiger partial charge in [-0.2, -0.15) is 0 Å². The van der Waals surface area contributed by atoms with Crippen molar-refractivity contribution in [1.82, 2.24) is 15.3 Å². The van der Waals surface area contributed by atoms with Crippen LogP contribution in [0.3, 0.4) is 0 Å². The van der Waals surface area contributed by atoms with Crippen molar-refractivity contribution in [3.63, 3.8) is 0 Å². The topological polar surface area (TPSA) is 40.7 Å². The molecule has 2 N–H and O–H groups in total. The van der Waals surface area contributed by atoms with E-state index in [4.69, 9.17) is 0 Å². The molecule has 2 heterocycles. The summed E-state index contributed by atoms with van der Waals surface area (Å²) in [5.74, 6) is 0. The number of hydrogen-bond acceptors (Lipinski definition) is 2. The summed E-state index contributed by atoms with van der Waals surface area (Å²) in [6.07, 6.45) is 8.35. The highest BCUT2D eigenvalue weighted by molar-refractivity contribution is 5.24. The third-order valence-corrected chi connectivity index (χ3v) is 4.00. The molecule has 1 saturated carbocycles. The molecular formula is C12H19N3. The van der Waals surface area contributed by atoms with Crippen LogP contribution >= 0.6 is 0 Å². The molecule has 0 radical (unpaired) electrons. The highest BCUT2D eigenvalue weighted by Gasteiger charge is 2.50. The Bertz CT molecular complexity index is 352. The van der Waals surface area contributed by atoms with Gasteiger partial charge in [0, 0.05) is 18.7 Å². The third kappa shape index (κ3) is 1.41. The summed E-state index contributed by atoms with van der Waals surface area (Å²) < 4.78 is 0. The number of rotatable bonds is 3. The van der Waals surface area contributed by atoms with Crippen molar-refractivity contribution < 1.29 is 0 Å². The summed E-state index contributed by atoms with van der Waals surface area (Å²) in [6, 6.07) is 0.521. The van der Waals surface area contributed by atoms with Gasteiger partial charge in [-0.1, -0.05) is 13.3 Å². The van der Waals surface area contributed by atoms with Gasteiger partial charge in [0.25, 0.3) is 0 Å². The highest BCUT2D eigenvalue weighted by Crippen LogP contribution is 2.58. The fourth-order valence-corrected chi connectivity index (χ4v) is 3.07. The van der Waals surface area contributed by atoms with Crippen molar-refractivity contribution >= 4 is 0 Å². The average molecular weight is 205 g/mol. The van der Waals surface area contributed by atoms with Gasteiger partial charge in [-0.15, -0.1) is 0 Å².